The van der Waals surface area contributed by atoms with E-state index in [9.17, 15) is 18.3 Å². The molecule has 10 heteroatoms. The van der Waals surface area contributed by atoms with Gasteiger partial charge in [0.25, 0.3) is 10.0 Å². The van der Waals surface area contributed by atoms with Crippen molar-refractivity contribution in [2.75, 3.05) is 11.3 Å². The van der Waals surface area contributed by atoms with Crippen molar-refractivity contribution in [3.63, 3.8) is 0 Å². The Bertz CT molecular complexity index is 1280. The molecule has 3 aromatic rings. The normalized spacial score (nSPS) is 11.6. The third kappa shape index (κ3) is 6.74. The van der Waals surface area contributed by atoms with Gasteiger partial charge in [0.15, 0.2) is 0 Å². The van der Waals surface area contributed by atoms with Crippen molar-refractivity contribution < 1.29 is 23.1 Å². The van der Waals surface area contributed by atoms with Crippen LogP contribution in [0.1, 0.15) is 21.5 Å². The van der Waals surface area contributed by atoms with Gasteiger partial charge in [-0.1, -0.05) is 36.4 Å². The Labute approximate surface area is 198 Å². The predicted molar refractivity (Wildman–Crippen MR) is 129 cm³/mol. The summed E-state index contributed by atoms with van der Waals surface area (Å²) in [4.78, 5) is 11.2. The van der Waals surface area contributed by atoms with E-state index in [0.717, 1.165) is 11.6 Å². The van der Waals surface area contributed by atoms with E-state index in [4.69, 9.17) is 16.3 Å². The first-order valence-electron chi connectivity index (χ1n) is 10.2. The number of hydrogen-bond donors (Lipinski definition) is 4. The Morgan fingerprint density at radius 3 is 2.41 bits per heavy atom. The van der Waals surface area contributed by atoms with E-state index < -0.39 is 16.0 Å². The second-order valence-corrected chi connectivity index (χ2v) is 9.24. The molecule has 0 aliphatic heterocycles. The molecule has 9 nitrogen and oxygen atoms in total. The van der Waals surface area contributed by atoms with Gasteiger partial charge in [0, 0.05) is 11.9 Å². The van der Waals surface area contributed by atoms with E-state index in [1.54, 1.807) is 25.3 Å². The number of hydrogen-bond acceptors (Lipinski definition) is 7. The fraction of sp³-hybridized carbons (Fsp3) is 0.125. The predicted octanol–water partition coefficient (Wildman–Crippen LogP) is 3.05. The number of rotatable bonds is 10. The fourth-order valence-electron chi connectivity index (χ4n) is 3.09. The zero-order chi connectivity index (χ0) is 24.7. The fourth-order valence-corrected chi connectivity index (χ4v) is 4.17. The molecule has 0 unspecified atom stereocenters. The van der Waals surface area contributed by atoms with E-state index >= 15 is 0 Å². The number of aromatic carboxylic acids is 1. The monoisotopic (exact) mass is 482 g/mol. The molecular formula is C24H26N4O5S. The second-order valence-electron chi connectivity index (χ2n) is 7.56. The molecule has 0 saturated carbocycles. The Morgan fingerprint density at radius 1 is 1.09 bits per heavy atom. The summed E-state index contributed by atoms with van der Waals surface area (Å²) in [6.07, 6.45) is 1.59. The van der Waals surface area contributed by atoms with Crippen molar-refractivity contribution in [1.29, 1.82) is 0 Å². The van der Waals surface area contributed by atoms with E-state index in [1.165, 1.54) is 29.3 Å². The minimum Gasteiger partial charge on any atom is -0.487 e. The number of carbonyl (C=O) groups is 1. The van der Waals surface area contributed by atoms with Gasteiger partial charge in [0.05, 0.1) is 22.7 Å². The molecule has 0 spiro atoms. The lowest BCUT2D eigenvalue weighted by Crippen LogP contribution is -2.27. The molecule has 0 amide bonds. The van der Waals surface area contributed by atoms with Crippen molar-refractivity contribution in [1.82, 2.24) is 5.01 Å². The van der Waals surface area contributed by atoms with E-state index in [0.29, 0.717) is 29.2 Å². The van der Waals surface area contributed by atoms with Crippen LogP contribution in [-0.2, 0) is 16.6 Å². The number of carboxylic acids is 1. The van der Waals surface area contributed by atoms with Crippen LogP contribution < -0.4 is 21.0 Å². The highest BCUT2D eigenvalue weighted by Crippen LogP contribution is 2.21. The van der Waals surface area contributed by atoms with Crippen LogP contribution in [0.15, 0.2) is 89.6 Å². The lowest BCUT2D eigenvalue weighted by Gasteiger charge is -2.15. The molecule has 0 fully saturated rings. The standard InChI is InChI=1S/C24H26N4O5S/c1-17-7-12-22(13-23(17)24(29)30)34(31,32)27-20-8-10-21(11-9-20)33-16-19(25)15-28(26)14-18-5-3-2-4-6-18/h2-13,15,27H,14,16,25-26H2,1H3,(H,29,30)/b19-15-. The van der Waals surface area contributed by atoms with E-state index in [-0.39, 0.29) is 17.1 Å². The van der Waals surface area contributed by atoms with Crippen molar-refractivity contribution in [3.8, 4) is 5.75 Å². The average molecular weight is 483 g/mol. The minimum atomic E-state index is -3.97. The molecular weight excluding hydrogens is 456 g/mol. The first-order valence-corrected chi connectivity index (χ1v) is 11.7. The smallest absolute Gasteiger partial charge is 0.335 e. The Morgan fingerprint density at radius 2 is 1.76 bits per heavy atom. The molecule has 0 aliphatic carbocycles. The zero-order valence-electron chi connectivity index (χ0n) is 18.5. The van der Waals surface area contributed by atoms with Gasteiger partial charge in [-0.05, 0) is 54.4 Å². The molecule has 3 rings (SSSR count). The van der Waals surface area contributed by atoms with Gasteiger partial charge in [-0.3, -0.25) is 4.72 Å². The molecule has 0 aromatic heterocycles. The van der Waals surface area contributed by atoms with Crippen molar-refractivity contribution in [3.05, 3.63) is 101 Å². The first kappa shape index (κ1) is 24.6. The number of sulfonamides is 1. The number of ether oxygens (including phenoxy) is 1. The molecule has 6 N–H and O–H groups in total. The van der Waals surface area contributed by atoms with Crippen LogP contribution in [0.5, 0.6) is 5.75 Å². The van der Waals surface area contributed by atoms with E-state index in [1.807, 2.05) is 30.3 Å². The Hall–Kier alpha value is -4.02. The molecule has 0 radical (unpaired) electrons. The van der Waals surface area contributed by atoms with Gasteiger partial charge in [-0.25, -0.2) is 19.1 Å². The summed E-state index contributed by atoms with van der Waals surface area (Å²) in [6, 6.07) is 19.9. The number of aryl methyl sites for hydroxylation is 1. The SMILES string of the molecule is Cc1ccc(S(=O)(=O)Nc2ccc(OC/C(N)=C/N(N)Cc3ccccc3)cc2)cc1C(=O)O. The maximum Gasteiger partial charge on any atom is 0.335 e. The Kier molecular flexibility index (Phi) is 7.77. The summed E-state index contributed by atoms with van der Waals surface area (Å²) >= 11 is 0. The third-order valence-electron chi connectivity index (χ3n) is 4.80. The molecule has 0 atom stereocenters. The number of anilines is 1. The quantitative estimate of drug-likeness (QED) is 0.255. The number of nitrogens with one attached hydrogen (secondary N) is 1. The van der Waals surface area contributed by atoms with Gasteiger partial charge in [0.1, 0.15) is 12.4 Å². The van der Waals surface area contributed by atoms with Gasteiger partial charge in [-0.2, -0.15) is 0 Å². The molecule has 0 bridgehead atoms. The maximum atomic E-state index is 12.6. The molecule has 0 saturated heterocycles. The van der Waals surface area contributed by atoms with Crippen LogP contribution in [0.4, 0.5) is 5.69 Å². The van der Waals surface area contributed by atoms with Gasteiger partial charge >= 0.3 is 5.97 Å². The topological polar surface area (TPSA) is 148 Å². The Balaban J connectivity index is 1.58. The number of carboxylic acid groups (broad SMARTS) is 1. The molecule has 0 heterocycles. The van der Waals surface area contributed by atoms with Crippen molar-refractivity contribution in [2.24, 2.45) is 11.6 Å². The molecule has 178 valence electrons. The van der Waals surface area contributed by atoms with Crippen LogP contribution in [0.3, 0.4) is 0 Å². The van der Waals surface area contributed by atoms with Crippen LogP contribution in [0, 0.1) is 6.92 Å². The first-order chi connectivity index (χ1) is 16.1. The second kappa shape index (κ2) is 10.7. The van der Waals surface area contributed by atoms with Crippen LogP contribution >= 0.6 is 0 Å². The molecule has 3 aromatic carbocycles. The third-order valence-corrected chi connectivity index (χ3v) is 6.18. The highest BCUT2D eigenvalue weighted by molar-refractivity contribution is 7.92. The largest absolute Gasteiger partial charge is 0.487 e. The number of hydrazine groups is 1. The van der Waals surface area contributed by atoms with Crippen LogP contribution in [0.25, 0.3) is 0 Å². The van der Waals surface area contributed by atoms with E-state index in [2.05, 4.69) is 4.72 Å². The average Bonchev–Trinajstić information content (AvgIpc) is 2.79. The van der Waals surface area contributed by atoms with Gasteiger partial charge < -0.3 is 20.6 Å². The zero-order valence-corrected chi connectivity index (χ0v) is 19.3. The summed E-state index contributed by atoms with van der Waals surface area (Å²) < 4.78 is 33.3. The lowest BCUT2D eigenvalue weighted by molar-refractivity contribution is 0.0696. The summed E-state index contributed by atoms with van der Waals surface area (Å²) in [5, 5.41) is 10.7. The minimum absolute atomic E-state index is 0.0721. The van der Waals surface area contributed by atoms with Crippen LogP contribution in [0.2, 0.25) is 0 Å². The summed E-state index contributed by atoms with van der Waals surface area (Å²) in [6.45, 7) is 2.18. The van der Waals surface area contributed by atoms with Crippen molar-refractivity contribution in [2.45, 2.75) is 18.4 Å². The number of nitrogens with two attached hydrogens (primary N) is 2. The highest BCUT2D eigenvalue weighted by atomic mass is 32.2. The lowest BCUT2D eigenvalue weighted by atomic mass is 10.1. The van der Waals surface area contributed by atoms with Gasteiger partial charge in [-0.15, -0.1) is 0 Å². The van der Waals surface area contributed by atoms with Gasteiger partial charge in [0.2, 0.25) is 0 Å². The summed E-state index contributed by atoms with van der Waals surface area (Å²) in [5.41, 5.74) is 8.13. The molecule has 34 heavy (non-hydrogen) atoms. The van der Waals surface area contributed by atoms with Crippen LogP contribution in [-0.4, -0.2) is 31.1 Å². The maximum absolute atomic E-state index is 12.6. The number of benzene rings is 3. The van der Waals surface area contributed by atoms with Crippen molar-refractivity contribution >= 4 is 21.7 Å². The summed E-state index contributed by atoms with van der Waals surface area (Å²) in [7, 11) is -3.97. The molecule has 0 aliphatic rings. The highest BCUT2D eigenvalue weighted by Gasteiger charge is 2.18. The summed E-state index contributed by atoms with van der Waals surface area (Å²) in [5.74, 6) is 5.25. The number of nitrogens with zero attached hydrogens (tertiary/aromatic N) is 1.